The van der Waals surface area contributed by atoms with Crippen LogP contribution in [0.2, 0.25) is 0 Å². The summed E-state index contributed by atoms with van der Waals surface area (Å²) in [6.07, 6.45) is 1.08. The quantitative estimate of drug-likeness (QED) is 0.719. The van der Waals surface area contributed by atoms with Crippen molar-refractivity contribution in [3.8, 4) is 0 Å². The molecule has 0 saturated heterocycles. The summed E-state index contributed by atoms with van der Waals surface area (Å²) in [6.45, 7) is 6.97. The van der Waals surface area contributed by atoms with Crippen molar-refractivity contribution in [3.05, 3.63) is 35.6 Å². The van der Waals surface area contributed by atoms with Crippen molar-refractivity contribution in [1.82, 2.24) is 5.32 Å². The maximum absolute atomic E-state index is 5.97. The van der Waals surface area contributed by atoms with Gasteiger partial charge in [-0.1, -0.05) is 18.6 Å². The Labute approximate surface area is 126 Å². The number of hydrogen-bond donors (Lipinski definition) is 1. The molecule has 0 aliphatic carbocycles. The fourth-order valence-corrected chi connectivity index (χ4v) is 2.26. The Hall–Kier alpha value is -1.36. The second-order valence-corrected chi connectivity index (χ2v) is 5.26. The third-order valence-corrected chi connectivity index (χ3v) is 3.39. The van der Waals surface area contributed by atoms with E-state index in [0.717, 1.165) is 29.7 Å². The minimum Gasteiger partial charge on any atom is -0.459 e. The molecule has 0 aliphatic heterocycles. The Kier molecular flexibility index (Phi) is 6.23. The van der Waals surface area contributed by atoms with Crippen molar-refractivity contribution in [3.63, 3.8) is 0 Å². The van der Waals surface area contributed by atoms with Gasteiger partial charge in [-0.3, -0.25) is 0 Å². The number of methoxy groups -OCH3 is 1. The van der Waals surface area contributed by atoms with Crippen molar-refractivity contribution in [2.75, 3.05) is 33.5 Å². The molecule has 4 heteroatoms. The minimum atomic E-state index is 0.0783. The predicted octanol–water partition coefficient (Wildman–Crippen LogP) is 3.44. The second-order valence-electron chi connectivity index (χ2n) is 5.26. The van der Waals surface area contributed by atoms with Gasteiger partial charge in [-0.15, -0.1) is 0 Å². The highest BCUT2D eigenvalue weighted by molar-refractivity contribution is 5.78. The van der Waals surface area contributed by atoms with Gasteiger partial charge >= 0.3 is 0 Å². The number of benzene rings is 1. The van der Waals surface area contributed by atoms with Crippen LogP contribution in [0, 0.1) is 6.92 Å². The molecule has 2 aromatic rings. The Bertz CT molecular complexity index is 550. The SMILES string of the molecule is CCCNC(COCCOC)c1cc2cc(C)ccc2o1. The van der Waals surface area contributed by atoms with Gasteiger partial charge in [-0.25, -0.2) is 0 Å². The van der Waals surface area contributed by atoms with E-state index < -0.39 is 0 Å². The van der Waals surface area contributed by atoms with Crippen LogP contribution in [0.5, 0.6) is 0 Å². The summed E-state index contributed by atoms with van der Waals surface area (Å²) in [5.41, 5.74) is 2.17. The average Bonchev–Trinajstić information content (AvgIpc) is 2.89. The fourth-order valence-electron chi connectivity index (χ4n) is 2.26. The summed E-state index contributed by atoms with van der Waals surface area (Å²) in [6, 6.07) is 8.42. The molecule has 1 N–H and O–H groups in total. The van der Waals surface area contributed by atoms with E-state index in [1.165, 1.54) is 5.56 Å². The Morgan fingerprint density at radius 3 is 2.86 bits per heavy atom. The molecule has 0 bridgehead atoms. The van der Waals surface area contributed by atoms with Gasteiger partial charge in [-0.05, 0) is 38.1 Å². The van der Waals surface area contributed by atoms with Crippen LogP contribution in [0.15, 0.2) is 28.7 Å². The van der Waals surface area contributed by atoms with Crippen LogP contribution in [0.4, 0.5) is 0 Å². The van der Waals surface area contributed by atoms with Gasteiger partial charge in [0.05, 0.1) is 25.9 Å². The average molecular weight is 291 g/mol. The normalized spacial score (nSPS) is 12.9. The van der Waals surface area contributed by atoms with E-state index >= 15 is 0 Å². The Balaban J connectivity index is 2.09. The molecule has 0 spiro atoms. The topological polar surface area (TPSA) is 43.6 Å². The molecule has 116 valence electrons. The maximum Gasteiger partial charge on any atom is 0.134 e. The third-order valence-electron chi connectivity index (χ3n) is 3.39. The lowest BCUT2D eigenvalue weighted by molar-refractivity contribution is 0.0557. The van der Waals surface area contributed by atoms with E-state index in [1.54, 1.807) is 7.11 Å². The zero-order valence-corrected chi connectivity index (χ0v) is 13.1. The standard InChI is InChI=1S/C17H25NO3/c1-4-7-18-15(12-20-9-8-19-3)17-11-14-10-13(2)5-6-16(14)21-17/h5-6,10-11,15,18H,4,7-9,12H2,1-3H3. The monoisotopic (exact) mass is 291 g/mol. The number of ether oxygens (including phenoxy) is 2. The van der Waals surface area contributed by atoms with Crippen LogP contribution >= 0.6 is 0 Å². The summed E-state index contributed by atoms with van der Waals surface area (Å²) in [7, 11) is 1.68. The molecule has 2 rings (SSSR count). The third kappa shape index (κ3) is 4.56. The first-order valence-electron chi connectivity index (χ1n) is 7.54. The van der Waals surface area contributed by atoms with Crippen molar-refractivity contribution in [1.29, 1.82) is 0 Å². The molecule has 1 unspecified atom stereocenters. The molecule has 0 fully saturated rings. The smallest absolute Gasteiger partial charge is 0.134 e. The Morgan fingerprint density at radius 2 is 2.10 bits per heavy atom. The molecule has 1 aromatic carbocycles. The molecule has 21 heavy (non-hydrogen) atoms. The number of nitrogens with one attached hydrogen (secondary N) is 1. The van der Waals surface area contributed by atoms with Gasteiger partial charge in [0.15, 0.2) is 0 Å². The van der Waals surface area contributed by atoms with Crippen LogP contribution in [0.1, 0.15) is 30.7 Å². The fraction of sp³-hybridized carbons (Fsp3) is 0.529. The summed E-state index contributed by atoms with van der Waals surface area (Å²) in [5.74, 6) is 0.932. The molecule has 4 nitrogen and oxygen atoms in total. The zero-order chi connectivity index (χ0) is 15.1. The molecular formula is C17H25NO3. The minimum absolute atomic E-state index is 0.0783. The van der Waals surface area contributed by atoms with E-state index in [0.29, 0.717) is 19.8 Å². The van der Waals surface area contributed by atoms with E-state index in [2.05, 4.69) is 37.4 Å². The zero-order valence-electron chi connectivity index (χ0n) is 13.1. The summed E-state index contributed by atoms with van der Waals surface area (Å²) >= 11 is 0. The summed E-state index contributed by atoms with van der Waals surface area (Å²) in [4.78, 5) is 0. The first kappa shape index (κ1) is 16.0. The first-order chi connectivity index (χ1) is 10.2. The van der Waals surface area contributed by atoms with Gasteiger partial charge in [0.25, 0.3) is 0 Å². The van der Waals surface area contributed by atoms with Crippen LogP contribution in [-0.4, -0.2) is 33.5 Å². The first-order valence-corrected chi connectivity index (χ1v) is 7.54. The summed E-state index contributed by atoms with van der Waals surface area (Å²) < 4.78 is 16.6. The van der Waals surface area contributed by atoms with Crippen LogP contribution in [0.25, 0.3) is 11.0 Å². The second kappa shape index (κ2) is 8.17. The van der Waals surface area contributed by atoms with E-state index in [9.17, 15) is 0 Å². The number of aryl methyl sites for hydroxylation is 1. The predicted molar refractivity (Wildman–Crippen MR) is 84.7 cm³/mol. The van der Waals surface area contributed by atoms with Crippen LogP contribution in [-0.2, 0) is 9.47 Å². The van der Waals surface area contributed by atoms with Gasteiger partial charge in [0, 0.05) is 12.5 Å². The van der Waals surface area contributed by atoms with Crippen molar-refractivity contribution >= 4 is 11.0 Å². The molecule has 1 heterocycles. The largest absolute Gasteiger partial charge is 0.459 e. The molecule has 0 saturated carbocycles. The van der Waals surface area contributed by atoms with Gasteiger partial charge in [0.1, 0.15) is 11.3 Å². The molecule has 1 atom stereocenters. The molecule has 0 amide bonds. The lowest BCUT2D eigenvalue weighted by Gasteiger charge is -2.16. The number of fused-ring (bicyclic) bond motifs is 1. The lowest BCUT2D eigenvalue weighted by atomic mass is 10.1. The maximum atomic E-state index is 5.97. The van der Waals surface area contributed by atoms with Gasteiger partial charge in [-0.2, -0.15) is 0 Å². The molecule has 0 radical (unpaired) electrons. The van der Waals surface area contributed by atoms with Crippen LogP contribution < -0.4 is 5.32 Å². The van der Waals surface area contributed by atoms with Gasteiger partial charge in [0.2, 0.25) is 0 Å². The number of hydrogen-bond acceptors (Lipinski definition) is 4. The molecule has 1 aromatic heterocycles. The van der Waals surface area contributed by atoms with E-state index in [4.69, 9.17) is 13.9 Å². The van der Waals surface area contributed by atoms with E-state index in [-0.39, 0.29) is 6.04 Å². The van der Waals surface area contributed by atoms with Crippen molar-refractivity contribution in [2.45, 2.75) is 26.3 Å². The van der Waals surface area contributed by atoms with E-state index in [1.807, 2.05) is 6.07 Å². The highest BCUT2D eigenvalue weighted by Gasteiger charge is 2.16. The number of furan rings is 1. The molecular weight excluding hydrogens is 266 g/mol. The van der Waals surface area contributed by atoms with Crippen molar-refractivity contribution in [2.24, 2.45) is 0 Å². The highest BCUT2D eigenvalue weighted by Crippen LogP contribution is 2.25. The Morgan fingerprint density at radius 1 is 1.24 bits per heavy atom. The lowest BCUT2D eigenvalue weighted by Crippen LogP contribution is -2.26. The number of rotatable bonds is 9. The van der Waals surface area contributed by atoms with Crippen LogP contribution in [0.3, 0.4) is 0 Å². The van der Waals surface area contributed by atoms with Crippen molar-refractivity contribution < 1.29 is 13.9 Å². The van der Waals surface area contributed by atoms with Gasteiger partial charge < -0.3 is 19.2 Å². The molecule has 0 aliphatic rings. The summed E-state index contributed by atoms with van der Waals surface area (Å²) in [5, 5.41) is 4.62. The highest BCUT2D eigenvalue weighted by atomic mass is 16.5.